The minimum absolute atomic E-state index is 0. The number of halogens is 1. The van der Waals surface area contributed by atoms with Crippen LogP contribution < -0.4 is 5.32 Å². The van der Waals surface area contributed by atoms with Gasteiger partial charge in [-0.1, -0.05) is 0 Å². The third-order valence-corrected chi connectivity index (χ3v) is 3.14. The zero-order valence-corrected chi connectivity index (χ0v) is 11.7. The monoisotopic (exact) mass is 293 g/mol. The number of nitrogens with zero attached hydrogens (tertiary/aromatic N) is 4. The van der Waals surface area contributed by atoms with Gasteiger partial charge in [-0.3, -0.25) is 9.78 Å². The smallest absolute Gasteiger partial charge is 0.272 e. The van der Waals surface area contributed by atoms with E-state index in [-0.39, 0.29) is 18.3 Å². The van der Waals surface area contributed by atoms with Crippen molar-refractivity contribution >= 4 is 18.3 Å². The molecule has 1 aliphatic rings. The molecule has 0 radical (unpaired) electrons. The second-order valence-corrected chi connectivity index (χ2v) is 4.39. The zero-order chi connectivity index (χ0) is 13.1. The fourth-order valence-electron chi connectivity index (χ4n) is 2.13. The molecule has 1 fully saturated rings. The minimum Gasteiger partial charge on any atom is -0.335 e. The second-order valence-electron chi connectivity index (χ2n) is 4.39. The second kappa shape index (κ2) is 6.49. The molecular weight excluding hydrogens is 278 g/mol. The number of carbonyl (C=O) groups excluding carboxylic acids is 1. The van der Waals surface area contributed by atoms with E-state index in [1.807, 2.05) is 23.2 Å². The van der Waals surface area contributed by atoms with Gasteiger partial charge in [0.25, 0.3) is 5.91 Å². The number of piperazine rings is 1. The van der Waals surface area contributed by atoms with Crippen molar-refractivity contribution in [3.8, 4) is 5.69 Å². The summed E-state index contributed by atoms with van der Waals surface area (Å²) in [7, 11) is 0. The maximum Gasteiger partial charge on any atom is 0.272 e. The van der Waals surface area contributed by atoms with E-state index >= 15 is 0 Å². The molecule has 106 valence electrons. The van der Waals surface area contributed by atoms with Crippen LogP contribution in [0.5, 0.6) is 0 Å². The van der Waals surface area contributed by atoms with Gasteiger partial charge in [0.1, 0.15) is 5.69 Å². The predicted octanol–water partition coefficient (Wildman–Crippen LogP) is 0.734. The van der Waals surface area contributed by atoms with Gasteiger partial charge in [-0.2, -0.15) is 5.10 Å². The molecule has 2 aromatic heterocycles. The number of carbonyl (C=O) groups is 1. The summed E-state index contributed by atoms with van der Waals surface area (Å²) in [5.41, 5.74) is 1.31. The topological polar surface area (TPSA) is 63.1 Å². The summed E-state index contributed by atoms with van der Waals surface area (Å²) in [6.07, 6.45) is 5.19. The fourth-order valence-corrected chi connectivity index (χ4v) is 2.13. The van der Waals surface area contributed by atoms with Gasteiger partial charge in [0.05, 0.1) is 5.69 Å². The standard InChI is InChI=1S/C13H15N5O.ClH/c19-13(17-8-5-14-6-9-17)12-10-11(2-4-15-12)18-7-1-3-16-18;/h1-4,7,10,14H,5-6,8-9H2;1H. The predicted molar refractivity (Wildman–Crippen MR) is 77.4 cm³/mol. The number of amides is 1. The highest BCUT2D eigenvalue weighted by atomic mass is 35.5. The molecule has 1 aliphatic heterocycles. The Labute approximate surface area is 123 Å². The molecule has 7 heteroatoms. The largest absolute Gasteiger partial charge is 0.335 e. The Morgan fingerprint density at radius 3 is 2.75 bits per heavy atom. The van der Waals surface area contributed by atoms with Crippen molar-refractivity contribution in [3.63, 3.8) is 0 Å². The van der Waals surface area contributed by atoms with Gasteiger partial charge in [0.15, 0.2) is 0 Å². The van der Waals surface area contributed by atoms with Crippen LogP contribution in [0.15, 0.2) is 36.8 Å². The lowest BCUT2D eigenvalue weighted by Crippen LogP contribution is -2.46. The molecule has 2 aromatic rings. The molecule has 20 heavy (non-hydrogen) atoms. The Balaban J connectivity index is 0.00000147. The van der Waals surface area contributed by atoms with Crippen LogP contribution in [0.1, 0.15) is 10.5 Å². The summed E-state index contributed by atoms with van der Waals surface area (Å²) in [5.74, 6) is -0.0180. The van der Waals surface area contributed by atoms with Crippen LogP contribution in [0.2, 0.25) is 0 Å². The number of hydrogen-bond acceptors (Lipinski definition) is 4. The van der Waals surface area contributed by atoms with E-state index in [1.54, 1.807) is 23.1 Å². The van der Waals surface area contributed by atoms with Gasteiger partial charge < -0.3 is 10.2 Å². The lowest BCUT2D eigenvalue weighted by atomic mass is 10.2. The van der Waals surface area contributed by atoms with E-state index in [9.17, 15) is 4.79 Å². The quantitative estimate of drug-likeness (QED) is 0.887. The number of nitrogens with one attached hydrogen (secondary N) is 1. The number of hydrogen-bond donors (Lipinski definition) is 1. The first-order chi connectivity index (χ1) is 9.34. The first-order valence-electron chi connectivity index (χ1n) is 6.31. The summed E-state index contributed by atoms with van der Waals surface area (Å²) in [4.78, 5) is 18.3. The molecule has 1 amide bonds. The van der Waals surface area contributed by atoms with Crippen molar-refractivity contribution < 1.29 is 4.79 Å². The average molecular weight is 294 g/mol. The van der Waals surface area contributed by atoms with E-state index in [2.05, 4.69) is 15.4 Å². The van der Waals surface area contributed by atoms with Gasteiger partial charge in [-0.25, -0.2) is 4.68 Å². The highest BCUT2D eigenvalue weighted by Crippen LogP contribution is 2.09. The van der Waals surface area contributed by atoms with Gasteiger partial charge in [0, 0.05) is 44.8 Å². The Bertz CT molecular complexity index is 566. The zero-order valence-electron chi connectivity index (χ0n) is 10.9. The summed E-state index contributed by atoms with van der Waals surface area (Å²) in [6.45, 7) is 3.13. The lowest BCUT2D eigenvalue weighted by Gasteiger charge is -2.27. The van der Waals surface area contributed by atoms with E-state index in [0.29, 0.717) is 5.69 Å². The first kappa shape index (κ1) is 14.5. The third-order valence-electron chi connectivity index (χ3n) is 3.14. The molecule has 0 bridgehead atoms. The average Bonchev–Trinajstić information content (AvgIpc) is 3.02. The van der Waals surface area contributed by atoms with Crippen molar-refractivity contribution in [3.05, 3.63) is 42.5 Å². The van der Waals surface area contributed by atoms with Crippen LogP contribution in [0.3, 0.4) is 0 Å². The maximum atomic E-state index is 12.3. The third kappa shape index (κ3) is 2.97. The Morgan fingerprint density at radius 2 is 2.05 bits per heavy atom. The van der Waals surface area contributed by atoms with Crippen molar-refractivity contribution in [2.24, 2.45) is 0 Å². The van der Waals surface area contributed by atoms with Crippen LogP contribution in [-0.4, -0.2) is 51.8 Å². The number of rotatable bonds is 2. The molecule has 1 saturated heterocycles. The van der Waals surface area contributed by atoms with Crippen LogP contribution in [-0.2, 0) is 0 Å². The summed E-state index contributed by atoms with van der Waals surface area (Å²) in [5, 5.41) is 7.38. The van der Waals surface area contributed by atoms with E-state index in [0.717, 1.165) is 31.9 Å². The molecule has 3 rings (SSSR count). The maximum absolute atomic E-state index is 12.3. The lowest BCUT2D eigenvalue weighted by molar-refractivity contribution is 0.0730. The summed E-state index contributed by atoms with van der Waals surface area (Å²) >= 11 is 0. The molecule has 0 aromatic carbocycles. The highest BCUT2D eigenvalue weighted by molar-refractivity contribution is 5.92. The number of aromatic nitrogens is 3. The first-order valence-corrected chi connectivity index (χ1v) is 6.31. The molecular formula is C13H16ClN5O. The summed E-state index contributed by atoms with van der Waals surface area (Å²) < 4.78 is 1.72. The number of pyridine rings is 1. The van der Waals surface area contributed by atoms with Crippen molar-refractivity contribution in [2.75, 3.05) is 26.2 Å². The van der Waals surface area contributed by atoms with Crippen LogP contribution in [0.25, 0.3) is 5.69 Å². The van der Waals surface area contributed by atoms with Crippen LogP contribution >= 0.6 is 12.4 Å². The Morgan fingerprint density at radius 1 is 1.25 bits per heavy atom. The van der Waals surface area contributed by atoms with Gasteiger partial charge in [0.2, 0.25) is 0 Å². The van der Waals surface area contributed by atoms with Crippen LogP contribution in [0, 0.1) is 0 Å². The Hall–Kier alpha value is -1.92. The van der Waals surface area contributed by atoms with Crippen LogP contribution in [0.4, 0.5) is 0 Å². The van der Waals surface area contributed by atoms with Crippen molar-refractivity contribution in [1.82, 2.24) is 25.0 Å². The van der Waals surface area contributed by atoms with E-state index in [1.165, 1.54) is 0 Å². The van der Waals surface area contributed by atoms with E-state index in [4.69, 9.17) is 0 Å². The molecule has 0 atom stereocenters. The van der Waals surface area contributed by atoms with E-state index < -0.39 is 0 Å². The molecule has 0 saturated carbocycles. The molecule has 6 nitrogen and oxygen atoms in total. The highest BCUT2D eigenvalue weighted by Gasteiger charge is 2.19. The van der Waals surface area contributed by atoms with Gasteiger partial charge >= 0.3 is 0 Å². The molecule has 0 aliphatic carbocycles. The molecule has 3 heterocycles. The van der Waals surface area contributed by atoms with Crippen molar-refractivity contribution in [1.29, 1.82) is 0 Å². The van der Waals surface area contributed by atoms with Crippen molar-refractivity contribution in [2.45, 2.75) is 0 Å². The normalized spacial score (nSPS) is 14.7. The molecule has 0 spiro atoms. The van der Waals surface area contributed by atoms with Gasteiger partial charge in [-0.15, -0.1) is 12.4 Å². The summed E-state index contributed by atoms with van der Waals surface area (Å²) in [6, 6.07) is 5.46. The Kier molecular flexibility index (Phi) is 4.70. The SMILES string of the molecule is Cl.O=C(c1cc(-n2cccn2)ccn1)N1CCNCC1. The molecule has 1 N–H and O–H groups in total. The van der Waals surface area contributed by atoms with Gasteiger partial charge in [-0.05, 0) is 18.2 Å². The molecule has 0 unspecified atom stereocenters. The fraction of sp³-hybridized carbons (Fsp3) is 0.308. The minimum atomic E-state index is -0.0180.